The molecule has 112 valence electrons. The number of rotatable bonds is 4. The zero-order valence-corrected chi connectivity index (χ0v) is 13.5. The molecule has 0 aliphatic rings. The average Bonchev–Trinajstić information content (AvgIpc) is 2.43. The van der Waals surface area contributed by atoms with E-state index in [1.165, 1.54) is 19.2 Å². The first-order valence-electron chi connectivity index (χ1n) is 6.15. The monoisotopic (exact) mass is 375 g/mol. The molecule has 0 saturated heterocycles. The van der Waals surface area contributed by atoms with E-state index in [0.717, 1.165) is 6.07 Å². The van der Waals surface area contributed by atoms with Gasteiger partial charge in [0.05, 0.1) is 11.6 Å². The van der Waals surface area contributed by atoms with E-state index >= 15 is 0 Å². The van der Waals surface area contributed by atoms with Crippen LogP contribution in [0.15, 0.2) is 34.8 Å². The van der Waals surface area contributed by atoms with Gasteiger partial charge in [-0.15, -0.1) is 0 Å². The zero-order valence-electron chi connectivity index (χ0n) is 11.2. The molecule has 2 rings (SSSR count). The molecule has 0 saturated carbocycles. The maximum atomic E-state index is 13.7. The van der Waals surface area contributed by atoms with E-state index in [1.807, 2.05) is 0 Å². The Balaban J connectivity index is 2.36. The summed E-state index contributed by atoms with van der Waals surface area (Å²) in [5.41, 5.74) is 6.95. The SMILES string of the molecule is COc1c(Br)cc(Cl)cc1C(N)Cc1cccc(F)c1F. The van der Waals surface area contributed by atoms with Crippen LogP contribution in [0.3, 0.4) is 0 Å². The molecule has 0 bridgehead atoms. The van der Waals surface area contributed by atoms with Gasteiger partial charge in [0, 0.05) is 16.6 Å². The predicted octanol–water partition coefficient (Wildman–Crippen LogP) is 4.63. The number of hydrogen-bond acceptors (Lipinski definition) is 2. The molecular formula is C15H13BrClF2NO. The third-order valence-electron chi connectivity index (χ3n) is 3.11. The average molecular weight is 377 g/mol. The van der Waals surface area contributed by atoms with E-state index in [4.69, 9.17) is 22.1 Å². The van der Waals surface area contributed by atoms with Gasteiger partial charge in [0.2, 0.25) is 0 Å². The summed E-state index contributed by atoms with van der Waals surface area (Å²) in [4.78, 5) is 0. The summed E-state index contributed by atoms with van der Waals surface area (Å²) in [7, 11) is 1.51. The van der Waals surface area contributed by atoms with Crippen LogP contribution >= 0.6 is 27.5 Å². The van der Waals surface area contributed by atoms with Crippen LogP contribution in [-0.4, -0.2) is 7.11 Å². The van der Waals surface area contributed by atoms with Crippen molar-refractivity contribution in [1.29, 1.82) is 0 Å². The van der Waals surface area contributed by atoms with Crippen LogP contribution in [0.5, 0.6) is 5.75 Å². The van der Waals surface area contributed by atoms with Gasteiger partial charge in [0.15, 0.2) is 11.6 Å². The molecule has 0 spiro atoms. The second-order valence-corrected chi connectivity index (χ2v) is 5.82. The molecule has 2 aromatic carbocycles. The summed E-state index contributed by atoms with van der Waals surface area (Å²) in [5, 5.41) is 0.479. The molecule has 1 atom stereocenters. The molecule has 2 aromatic rings. The lowest BCUT2D eigenvalue weighted by atomic mass is 9.98. The Bertz CT molecular complexity index is 666. The van der Waals surface area contributed by atoms with Crippen LogP contribution < -0.4 is 10.5 Å². The highest BCUT2D eigenvalue weighted by molar-refractivity contribution is 9.10. The number of halogens is 4. The van der Waals surface area contributed by atoms with Gasteiger partial charge >= 0.3 is 0 Å². The molecule has 0 heterocycles. The van der Waals surface area contributed by atoms with Crippen LogP contribution in [0, 0.1) is 11.6 Å². The smallest absolute Gasteiger partial charge is 0.162 e. The van der Waals surface area contributed by atoms with Gasteiger partial charge in [-0.05, 0) is 46.1 Å². The predicted molar refractivity (Wildman–Crippen MR) is 82.7 cm³/mol. The van der Waals surface area contributed by atoms with E-state index in [1.54, 1.807) is 12.1 Å². The van der Waals surface area contributed by atoms with Crippen molar-refractivity contribution < 1.29 is 13.5 Å². The maximum Gasteiger partial charge on any atom is 0.162 e. The molecule has 2 nitrogen and oxygen atoms in total. The summed E-state index contributed by atoms with van der Waals surface area (Å²) in [6, 6.07) is 6.79. The topological polar surface area (TPSA) is 35.2 Å². The Hall–Kier alpha value is -1.17. The van der Waals surface area contributed by atoms with Gasteiger partial charge < -0.3 is 10.5 Å². The Kier molecular flexibility index (Phi) is 5.19. The van der Waals surface area contributed by atoms with Crippen molar-refractivity contribution in [2.75, 3.05) is 7.11 Å². The fourth-order valence-electron chi connectivity index (χ4n) is 2.12. The number of methoxy groups -OCH3 is 1. The van der Waals surface area contributed by atoms with Crippen LogP contribution in [0.25, 0.3) is 0 Å². The quantitative estimate of drug-likeness (QED) is 0.844. The summed E-state index contributed by atoms with van der Waals surface area (Å²) < 4.78 is 32.9. The summed E-state index contributed by atoms with van der Waals surface area (Å²) in [6.07, 6.45) is 0.132. The first-order chi connectivity index (χ1) is 9.93. The largest absolute Gasteiger partial charge is 0.495 e. The number of benzene rings is 2. The Morgan fingerprint density at radius 3 is 2.71 bits per heavy atom. The fourth-order valence-corrected chi connectivity index (χ4v) is 3.12. The van der Waals surface area contributed by atoms with Gasteiger partial charge in [-0.25, -0.2) is 8.78 Å². The highest BCUT2D eigenvalue weighted by Crippen LogP contribution is 2.36. The third kappa shape index (κ3) is 3.54. The van der Waals surface area contributed by atoms with Gasteiger partial charge in [-0.3, -0.25) is 0 Å². The fraction of sp³-hybridized carbons (Fsp3) is 0.200. The van der Waals surface area contributed by atoms with Crippen LogP contribution in [0.1, 0.15) is 17.2 Å². The van der Waals surface area contributed by atoms with E-state index in [9.17, 15) is 8.78 Å². The first kappa shape index (κ1) is 16.2. The number of ether oxygens (including phenoxy) is 1. The summed E-state index contributed by atoms with van der Waals surface area (Å²) in [5.74, 6) is -1.24. The van der Waals surface area contributed by atoms with Gasteiger partial charge in [0.25, 0.3) is 0 Å². The Labute approximate surface area is 135 Å². The lowest BCUT2D eigenvalue weighted by molar-refractivity contribution is 0.402. The standard InChI is InChI=1S/C15H13BrClF2NO/c1-21-15-10(6-9(17)7-11(15)16)13(20)5-8-3-2-4-12(18)14(8)19/h2-4,6-7,13H,5,20H2,1H3. The van der Waals surface area contributed by atoms with Crippen molar-refractivity contribution in [2.24, 2.45) is 5.73 Å². The van der Waals surface area contributed by atoms with Gasteiger partial charge in [-0.1, -0.05) is 23.7 Å². The first-order valence-corrected chi connectivity index (χ1v) is 7.32. The van der Waals surface area contributed by atoms with Crippen molar-refractivity contribution in [2.45, 2.75) is 12.5 Å². The highest BCUT2D eigenvalue weighted by atomic mass is 79.9. The zero-order chi connectivity index (χ0) is 15.6. The molecule has 0 aliphatic heterocycles. The van der Waals surface area contributed by atoms with E-state index in [0.29, 0.717) is 20.8 Å². The van der Waals surface area contributed by atoms with Gasteiger partial charge in [-0.2, -0.15) is 0 Å². The van der Waals surface area contributed by atoms with Crippen molar-refractivity contribution in [3.8, 4) is 5.75 Å². The van der Waals surface area contributed by atoms with E-state index in [-0.39, 0.29) is 12.0 Å². The normalized spacial score (nSPS) is 12.3. The third-order valence-corrected chi connectivity index (χ3v) is 3.92. The van der Waals surface area contributed by atoms with Crippen LogP contribution in [0.4, 0.5) is 8.78 Å². The molecule has 0 amide bonds. The second-order valence-electron chi connectivity index (χ2n) is 4.53. The van der Waals surface area contributed by atoms with E-state index in [2.05, 4.69) is 15.9 Å². The molecule has 21 heavy (non-hydrogen) atoms. The molecule has 0 radical (unpaired) electrons. The van der Waals surface area contributed by atoms with Crippen molar-refractivity contribution in [1.82, 2.24) is 0 Å². The maximum absolute atomic E-state index is 13.7. The van der Waals surface area contributed by atoms with Crippen LogP contribution in [-0.2, 0) is 6.42 Å². The summed E-state index contributed by atoms with van der Waals surface area (Å²) >= 11 is 9.35. The molecule has 0 fully saturated rings. The number of hydrogen-bond donors (Lipinski definition) is 1. The lowest BCUT2D eigenvalue weighted by Gasteiger charge is -2.18. The Morgan fingerprint density at radius 1 is 1.33 bits per heavy atom. The van der Waals surface area contributed by atoms with Gasteiger partial charge in [0.1, 0.15) is 5.75 Å². The van der Waals surface area contributed by atoms with Crippen molar-refractivity contribution in [3.63, 3.8) is 0 Å². The molecule has 2 N–H and O–H groups in total. The van der Waals surface area contributed by atoms with E-state index < -0.39 is 17.7 Å². The molecular weight excluding hydrogens is 364 g/mol. The minimum atomic E-state index is -0.890. The molecule has 0 aromatic heterocycles. The molecule has 0 aliphatic carbocycles. The minimum Gasteiger partial charge on any atom is -0.495 e. The number of nitrogens with two attached hydrogens (primary N) is 1. The van der Waals surface area contributed by atoms with Crippen molar-refractivity contribution >= 4 is 27.5 Å². The van der Waals surface area contributed by atoms with Crippen molar-refractivity contribution in [3.05, 3.63) is 62.6 Å². The minimum absolute atomic E-state index is 0.132. The second kappa shape index (κ2) is 6.73. The molecule has 1 unspecified atom stereocenters. The van der Waals surface area contributed by atoms with Crippen LogP contribution in [0.2, 0.25) is 5.02 Å². The lowest BCUT2D eigenvalue weighted by Crippen LogP contribution is -2.16. The molecule has 6 heteroatoms. The highest BCUT2D eigenvalue weighted by Gasteiger charge is 2.18. The Morgan fingerprint density at radius 2 is 2.05 bits per heavy atom. The summed E-state index contributed by atoms with van der Waals surface area (Å²) in [6.45, 7) is 0.